The lowest BCUT2D eigenvalue weighted by Crippen LogP contribution is -2.40. The standard InChI is InChI=1S/C13H13N3O3/c17-13(9-5-15-16-6-9)14-7-10-8-18-11-3-1-2-4-12(11)19-10/h1-6,10H,7-8H2,(H,14,17)(H,15,16). The third-order valence-electron chi connectivity index (χ3n) is 2.82. The lowest BCUT2D eigenvalue weighted by atomic mass is 10.2. The van der Waals surface area contributed by atoms with Gasteiger partial charge in [0.2, 0.25) is 0 Å². The van der Waals surface area contributed by atoms with E-state index in [1.807, 2.05) is 24.3 Å². The molecule has 0 radical (unpaired) electrons. The molecule has 1 aliphatic rings. The Morgan fingerprint density at radius 3 is 3.05 bits per heavy atom. The lowest BCUT2D eigenvalue weighted by Gasteiger charge is -2.26. The van der Waals surface area contributed by atoms with E-state index in [0.717, 1.165) is 5.75 Å². The number of carbonyl (C=O) groups excluding carboxylic acids is 1. The molecule has 0 saturated heterocycles. The van der Waals surface area contributed by atoms with Crippen LogP contribution >= 0.6 is 0 Å². The van der Waals surface area contributed by atoms with Crippen molar-refractivity contribution in [1.82, 2.24) is 15.5 Å². The van der Waals surface area contributed by atoms with Gasteiger partial charge < -0.3 is 14.8 Å². The summed E-state index contributed by atoms with van der Waals surface area (Å²) < 4.78 is 11.3. The first-order chi connectivity index (χ1) is 9.33. The fourth-order valence-corrected chi connectivity index (χ4v) is 1.85. The summed E-state index contributed by atoms with van der Waals surface area (Å²) in [6.45, 7) is 0.807. The van der Waals surface area contributed by atoms with E-state index in [0.29, 0.717) is 24.5 Å². The van der Waals surface area contributed by atoms with Crippen molar-refractivity contribution in [3.63, 3.8) is 0 Å². The van der Waals surface area contributed by atoms with Gasteiger partial charge in [0.15, 0.2) is 11.5 Å². The molecule has 3 rings (SSSR count). The molecule has 1 atom stereocenters. The molecule has 0 saturated carbocycles. The van der Waals surface area contributed by atoms with Crippen LogP contribution in [-0.2, 0) is 0 Å². The molecule has 0 fully saturated rings. The van der Waals surface area contributed by atoms with Gasteiger partial charge in [0, 0.05) is 6.20 Å². The number of hydrogen-bond acceptors (Lipinski definition) is 4. The van der Waals surface area contributed by atoms with Crippen molar-refractivity contribution in [3.05, 3.63) is 42.2 Å². The van der Waals surface area contributed by atoms with Crippen molar-refractivity contribution in [3.8, 4) is 11.5 Å². The molecule has 98 valence electrons. The number of fused-ring (bicyclic) bond motifs is 1. The number of para-hydroxylation sites is 2. The molecule has 0 aliphatic carbocycles. The highest BCUT2D eigenvalue weighted by Crippen LogP contribution is 2.30. The van der Waals surface area contributed by atoms with Gasteiger partial charge in [-0.2, -0.15) is 5.10 Å². The number of nitrogens with one attached hydrogen (secondary N) is 2. The second-order valence-corrected chi connectivity index (χ2v) is 4.19. The predicted molar refractivity (Wildman–Crippen MR) is 67.3 cm³/mol. The van der Waals surface area contributed by atoms with Crippen LogP contribution in [0.4, 0.5) is 0 Å². The molecule has 0 spiro atoms. The van der Waals surface area contributed by atoms with E-state index in [2.05, 4.69) is 15.5 Å². The normalized spacial score (nSPS) is 16.9. The summed E-state index contributed by atoms with van der Waals surface area (Å²) in [6, 6.07) is 7.48. The van der Waals surface area contributed by atoms with E-state index < -0.39 is 0 Å². The Kier molecular flexibility index (Phi) is 3.06. The first-order valence-corrected chi connectivity index (χ1v) is 5.98. The van der Waals surface area contributed by atoms with Gasteiger partial charge in [-0.1, -0.05) is 12.1 Å². The number of benzene rings is 1. The molecule has 2 heterocycles. The second kappa shape index (κ2) is 5.01. The van der Waals surface area contributed by atoms with Crippen LogP contribution in [0.2, 0.25) is 0 Å². The monoisotopic (exact) mass is 259 g/mol. The summed E-state index contributed by atoms with van der Waals surface area (Å²) in [7, 11) is 0. The van der Waals surface area contributed by atoms with Gasteiger partial charge in [-0.25, -0.2) is 0 Å². The lowest BCUT2D eigenvalue weighted by molar-refractivity contribution is 0.0789. The number of amides is 1. The van der Waals surface area contributed by atoms with Crippen LogP contribution in [0.25, 0.3) is 0 Å². The Morgan fingerprint density at radius 1 is 1.42 bits per heavy atom. The van der Waals surface area contributed by atoms with Gasteiger partial charge >= 0.3 is 0 Å². The van der Waals surface area contributed by atoms with E-state index >= 15 is 0 Å². The quantitative estimate of drug-likeness (QED) is 0.861. The summed E-state index contributed by atoms with van der Waals surface area (Å²) in [4.78, 5) is 11.7. The Labute approximate surface area is 109 Å². The van der Waals surface area contributed by atoms with Crippen LogP contribution in [0, 0.1) is 0 Å². The average Bonchev–Trinajstić information content (AvgIpc) is 2.99. The molecule has 0 bridgehead atoms. The smallest absolute Gasteiger partial charge is 0.254 e. The predicted octanol–water partition coefficient (Wildman–Crippen LogP) is 0.979. The van der Waals surface area contributed by atoms with Crippen LogP contribution in [0.3, 0.4) is 0 Å². The number of carbonyl (C=O) groups is 1. The van der Waals surface area contributed by atoms with Gasteiger partial charge in [-0.15, -0.1) is 0 Å². The van der Waals surface area contributed by atoms with Crippen molar-refractivity contribution in [2.45, 2.75) is 6.10 Å². The highest BCUT2D eigenvalue weighted by molar-refractivity contribution is 5.93. The zero-order valence-corrected chi connectivity index (χ0v) is 10.1. The molecule has 1 amide bonds. The molecule has 6 heteroatoms. The molecular formula is C13H13N3O3. The van der Waals surface area contributed by atoms with Crippen molar-refractivity contribution < 1.29 is 14.3 Å². The first kappa shape index (κ1) is 11.6. The van der Waals surface area contributed by atoms with Crippen LogP contribution in [0.5, 0.6) is 11.5 Å². The number of aromatic nitrogens is 2. The molecule has 1 unspecified atom stereocenters. The first-order valence-electron chi connectivity index (χ1n) is 5.98. The minimum absolute atomic E-state index is 0.184. The van der Waals surface area contributed by atoms with E-state index in [9.17, 15) is 4.79 Å². The fraction of sp³-hybridized carbons (Fsp3) is 0.231. The van der Waals surface area contributed by atoms with Crippen molar-refractivity contribution in [2.75, 3.05) is 13.2 Å². The Hall–Kier alpha value is -2.50. The van der Waals surface area contributed by atoms with E-state index in [-0.39, 0.29) is 12.0 Å². The van der Waals surface area contributed by atoms with Gasteiger partial charge in [0.1, 0.15) is 12.7 Å². The summed E-state index contributed by atoms with van der Waals surface area (Å²) in [5, 5.41) is 9.10. The number of hydrogen-bond donors (Lipinski definition) is 2. The maximum atomic E-state index is 11.7. The van der Waals surface area contributed by atoms with Crippen molar-refractivity contribution >= 4 is 5.91 Å². The van der Waals surface area contributed by atoms with Crippen molar-refractivity contribution in [1.29, 1.82) is 0 Å². The number of H-pyrrole nitrogens is 1. The zero-order valence-electron chi connectivity index (χ0n) is 10.1. The highest BCUT2D eigenvalue weighted by atomic mass is 16.6. The zero-order chi connectivity index (χ0) is 13.1. The summed E-state index contributed by atoms with van der Waals surface area (Å²) in [5.74, 6) is 1.26. The van der Waals surface area contributed by atoms with E-state index in [4.69, 9.17) is 9.47 Å². The maximum absolute atomic E-state index is 11.7. The highest BCUT2D eigenvalue weighted by Gasteiger charge is 2.21. The molecular weight excluding hydrogens is 246 g/mol. The Bertz CT molecular complexity index is 568. The SMILES string of the molecule is O=C(NCC1COc2ccccc2O1)c1cn[nH]c1. The van der Waals surface area contributed by atoms with E-state index in [1.165, 1.54) is 6.20 Å². The third kappa shape index (κ3) is 2.52. The maximum Gasteiger partial charge on any atom is 0.254 e. The van der Waals surface area contributed by atoms with E-state index in [1.54, 1.807) is 6.20 Å². The number of aromatic amines is 1. The third-order valence-corrected chi connectivity index (χ3v) is 2.82. The summed E-state index contributed by atoms with van der Waals surface area (Å²) >= 11 is 0. The Morgan fingerprint density at radius 2 is 2.26 bits per heavy atom. The topological polar surface area (TPSA) is 76.2 Å². The minimum Gasteiger partial charge on any atom is -0.486 e. The summed E-state index contributed by atoms with van der Waals surface area (Å²) in [5.41, 5.74) is 0.497. The van der Waals surface area contributed by atoms with Gasteiger partial charge in [-0.05, 0) is 12.1 Å². The second-order valence-electron chi connectivity index (χ2n) is 4.19. The van der Waals surface area contributed by atoms with Crippen LogP contribution in [0.1, 0.15) is 10.4 Å². The van der Waals surface area contributed by atoms with Crippen LogP contribution < -0.4 is 14.8 Å². The fourth-order valence-electron chi connectivity index (χ4n) is 1.85. The van der Waals surface area contributed by atoms with Crippen LogP contribution in [0.15, 0.2) is 36.7 Å². The van der Waals surface area contributed by atoms with Crippen molar-refractivity contribution in [2.24, 2.45) is 0 Å². The Balaban J connectivity index is 1.57. The number of ether oxygens (including phenoxy) is 2. The molecule has 1 aromatic heterocycles. The largest absolute Gasteiger partial charge is 0.486 e. The summed E-state index contributed by atoms with van der Waals surface area (Å²) in [6.07, 6.45) is 2.83. The minimum atomic E-state index is -0.189. The molecule has 2 aromatic rings. The number of rotatable bonds is 3. The number of nitrogens with zero attached hydrogens (tertiary/aromatic N) is 1. The van der Waals surface area contributed by atoms with Gasteiger partial charge in [-0.3, -0.25) is 9.89 Å². The molecule has 19 heavy (non-hydrogen) atoms. The van der Waals surface area contributed by atoms with Gasteiger partial charge in [0.25, 0.3) is 5.91 Å². The van der Waals surface area contributed by atoms with Crippen LogP contribution in [-0.4, -0.2) is 35.4 Å². The van der Waals surface area contributed by atoms with Gasteiger partial charge in [0.05, 0.1) is 18.3 Å². The molecule has 1 aliphatic heterocycles. The molecule has 1 aromatic carbocycles. The molecule has 6 nitrogen and oxygen atoms in total. The molecule has 2 N–H and O–H groups in total. The average molecular weight is 259 g/mol.